The number of nitrogens with one attached hydrogen (secondary N) is 1. The highest BCUT2D eigenvalue weighted by Crippen LogP contribution is 2.43. The molecule has 0 unspecified atom stereocenters. The molecule has 0 spiro atoms. The fraction of sp³-hybridized carbons (Fsp3) is 0.538. The Labute approximate surface area is 124 Å². The van der Waals surface area contributed by atoms with Crippen molar-refractivity contribution in [3.05, 3.63) is 22.2 Å². The number of halogens is 3. The summed E-state index contributed by atoms with van der Waals surface area (Å²) in [6.45, 7) is 2.34. The number of ether oxygens (including phenoxy) is 1. The standard InChI is InChI=1S/C13H17BrF2N2O2/c1-20-9-3-2-8(14)10(12(9)19)11(13(15)16)18-6-4-17-5-7-18/h2-3,11,13,17,19H,4-7H2,1H3/t11-/m0/s1. The lowest BCUT2D eigenvalue weighted by Crippen LogP contribution is -2.47. The predicted octanol–water partition coefficient (Wildman–Crippen LogP) is 2.37. The number of alkyl halides is 2. The quantitative estimate of drug-likeness (QED) is 0.874. The third kappa shape index (κ3) is 3.05. The summed E-state index contributed by atoms with van der Waals surface area (Å²) >= 11 is 3.25. The van der Waals surface area contributed by atoms with Crippen LogP contribution in [0, 0.1) is 0 Å². The van der Waals surface area contributed by atoms with Gasteiger partial charge in [-0.1, -0.05) is 15.9 Å². The first-order valence-corrected chi connectivity index (χ1v) is 7.13. The molecule has 20 heavy (non-hydrogen) atoms. The largest absolute Gasteiger partial charge is 0.504 e. The number of rotatable bonds is 4. The summed E-state index contributed by atoms with van der Waals surface area (Å²) in [6, 6.07) is 2.01. The molecule has 1 aromatic carbocycles. The Morgan fingerprint density at radius 3 is 2.55 bits per heavy atom. The van der Waals surface area contributed by atoms with E-state index in [1.54, 1.807) is 17.0 Å². The van der Waals surface area contributed by atoms with E-state index in [1.807, 2.05) is 0 Å². The predicted molar refractivity (Wildman–Crippen MR) is 75.5 cm³/mol. The molecule has 0 aromatic heterocycles. The molecule has 1 saturated heterocycles. The van der Waals surface area contributed by atoms with E-state index in [9.17, 15) is 13.9 Å². The van der Waals surface area contributed by atoms with Crippen LogP contribution in [0.25, 0.3) is 0 Å². The maximum atomic E-state index is 13.5. The molecule has 1 fully saturated rings. The van der Waals surface area contributed by atoms with Gasteiger partial charge >= 0.3 is 0 Å². The molecule has 0 aliphatic carbocycles. The van der Waals surface area contributed by atoms with Crippen LogP contribution >= 0.6 is 15.9 Å². The molecular weight excluding hydrogens is 334 g/mol. The van der Waals surface area contributed by atoms with Gasteiger partial charge in [-0.2, -0.15) is 0 Å². The average molecular weight is 351 g/mol. The summed E-state index contributed by atoms with van der Waals surface area (Å²) in [5.41, 5.74) is 0.182. The van der Waals surface area contributed by atoms with Gasteiger partial charge in [-0.15, -0.1) is 0 Å². The molecule has 0 saturated carbocycles. The number of piperazine rings is 1. The van der Waals surface area contributed by atoms with Crippen molar-refractivity contribution >= 4 is 15.9 Å². The van der Waals surface area contributed by atoms with Gasteiger partial charge in [-0.05, 0) is 12.1 Å². The van der Waals surface area contributed by atoms with Crippen LogP contribution in [0.2, 0.25) is 0 Å². The van der Waals surface area contributed by atoms with Crippen molar-refractivity contribution in [3.8, 4) is 11.5 Å². The first-order valence-electron chi connectivity index (χ1n) is 6.34. The zero-order valence-electron chi connectivity index (χ0n) is 11.1. The highest BCUT2D eigenvalue weighted by molar-refractivity contribution is 9.10. The Balaban J connectivity index is 2.43. The number of nitrogens with zero attached hydrogens (tertiary/aromatic N) is 1. The number of hydrogen-bond donors (Lipinski definition) is 2. The maximum Gasteiger partial charge on any atom is 0.258 e. The van der Waals surface area contributed by atoms with Crippen LogP contribution in [0.5, 0.6) is 11.5 Å². The van der Waals surface area contributed by atoms with Gasteiger partial charge in [0.2, 0.25) is 0 Å². The monoisotopic (exact) mass is 350 g/mol. The minimum Gasteiger partial charge on any atom is -0.504 e. The third-order valence-electron chi connectivity index (χ3n) is 3.43. The van der Waals surface area contributed by atoms with Gasteiger partial charge in [0.25, 0.3) is 6.43 Å². The molecule has 0 bridgehead atoms. The lowest BCUT2D eigenvalue weighted by atomic mass is 10.0. The second-order valence-corrected chi connectivity index (χ2v) is 5.43. The molecule has 7 heteroatoms. The van der Waals surface area contributed by atoms with Crippen molar-refractivity contribution in [1.29, 1.82) is 0 Å². The van der Waals surface area contributed by atoms with Gasteiger partial charge in [-0.25, -0.2) is 8.78 Å². The fourth-order valence-electron chi connectivity index (χ4n) is 2.44. The minimum atomic E-state index is -2.59. The average Bonchev–Trinajstić information content (AvgIpc) is 2.44. The molecular formula is C13H17BrF2N2O2. The van der Waals surface area contributed by atoms with Crippen molar-refractivity contribution in [1.82, 2.24) is 10.2 Å². The summed E-state index contributed by atoms with van der Waals surface area (Å²) in [4.78, 5) is 1.68. The summed E-state index contributed by atoms with van der Waals surface area (Å²) in [5.74, 6) is -0.0327. The summed E-state index contributed by atoms with van der Waals surface area (Å²) in [5, 5.41) is 13.3. The number of phenolic OH excluding ortho intramolecular Hbond substituents is 1. The molecule has 1 aliphatic rings. The van der Waals surface area contributed by atoms with E-state index in [2.05, 4.69) is 21.2 Å². The van der Waals surface area contributed by atoms with Gasteiger partial charge in [0, 0.05) is 36.2 Å². The van der Waals surface area contributed by atoms with Crippen LogP contribution in [0.4, 0.5) is 8.78 Å². The first kappa shape index (κ1) is 15.5. The maximum absolute atomic E-state index is 13.5. The van der Waals surface area contributed by atoms with Crippen LogP contribution in [0.3, 0.4) is 0 Å². The number of benzene rings is 1. The lowest BCUT2D eigenvalue weighted by Gasteiger charge is -2.35. The molecule has 1 atom stereocenters. The van der Waals surface area contributed by atoms with E-state index in [1.165, 1.54) is 7.11 Å². The number of hydrogen-bond acceptors (Lipinski definition) is 4. The van der Waals surface area contributed by atoms with Crippen molar-refractivity contribution in [2.75, 3.05) is 33.3 Å². The smallest absolute Gasteiger partial charge is 0.258 e. The lowest BCUT2D eigenvalue weighted by molar-refractivity contribution is 0.0165. The van der Waals surface area contributed by atoms with E-state index in [-0.39, 0.29) is 17.1 Å². The van der Waals surface area contributed by atoms with Gasteiger partial charge in [0.05, 0.1) is 7.11 Å². The summed E-state index contributed by atoms with van der Waals surface area (Å²) < 4.78 is 32.5. The number of methoxy groups -OCH3 is 1. The Morgan fingerprint density at radius 1 is 1.35 bits per heavy atom. The highest BCUT2D eigenvalue weighted by Gasteiger charge is 2.34. The van der Waals surface area contributed by atoms with Gasteiger partial charge in [0.15, 0.2) is 11.5 Å². The van der Waals surface area contributed by atoms with Crippen LogP contribution in [-0.2, 0) is 0 Å². The normalized spacial score (nSPS) is 18.2. The zero-order valence-corrected chi connectivity index (χ0v) is 12.7. The topological polar surface area (TPSA) is 44.7 Å². The van der Waals surface area contributed by atoms with Crippen LogP contribution in [-0.4, -0.2) is 49.7 Å². The van der Waals surface area contributed by atoms with Crippen LogP contribution < -0.4 is 10.1 Å². The molecule has 1 heterocycles. The zero-order chi connectivity index (χ0) is 14.7. The number of aromatic hydroxyl groups is 1. The van der Waals surface area contributed by atoms with E-state index in [0.29, 0.717) is 30.7 Å². The van der Waals surface area contributed by atoms with Crippen molar-refractivity contribution in [2.45, 2.75) is 12.5 Å². The third-order valence-corrected chi connectivity index (χ3v) is 4.12. The van der Waals surface area contributed by atoms with Crippen molar-refractivity contribution in [2.24, 2.45) is 0 Å². The molecule has 4 nitrogen and oxygen atoms in total. The first-order chi connectivity index (χ1) is 9.56. The minimum absolute atomic E-state index is 0.182. The second kappa shape index (κ2) is 6.69. The van der Waals surface area contributed by atoms with Crippen LogP contribution in [0.1, 0.15) is 11.6 Å². The fourth-order valence-corrected chi connectivity index (χ4v) is 2.99. The number of phenols is 1. The highest BCUT2D eigenvalue weighted by atomic mass is 79.9. The van der Waals surface area contributed by atoms with E-state index < -0.39 is 12.5 Å². The van der Waals surface area contributed by atoms with E-state index in [0.717, 1.165) is 0 Å². The van der Waals surface area contributed by atoms with Gasteiger partial charge < -0.3 is 15.2 Å². The Hall–Kier alpha value is -0.920. The van der Waals surface area contributed by atoms with E-state index >= 15 is 0 Å². The molecule has 1 aromatic rings. The Morgan fingerprint density at radius 2 is 2.00 bits per heavy atom. The summed E-state index contributed by atoms with van der Waals surface area (Å²) in [7, 11) is 1.40. The van der Waals surface area contributed by atoms with Gasteiger partial charge in [-0.3, -0.25) is 4.90 Å². The molecule has 2 N–H and O–H groups in total. The molecule has 0 amide bonds. The molecule has 112 valence electrons. The van der Waals surface area contributed by atoms with Crippen LogP contribution in [0.15, 0.2) is 16.6 Å². The van der Waals surface area contributed by atoms with Gasteiger partial charge in [0.1, 0.15) is 6.04 Å². The Kier molecular flexibility index (Phi) is 5.17. The SMILES string of the molecule is COc1ccc(Br)c([C@@H](C(F)F)N2CCNCC2)c1O. The Bertz CT molecular complexity index is 468. The molecule has 0 radical (unpaired) electrons. The second-order valence-electron chi connectivity index (χ2n) is 4.58. The molecule has 1 aliphatic heterocycles. The van der Waals surface area contributed by atoms with Crippen molar-refractivity contribution < 1.29 is 18.6 Å². The van der Waals surface area contributed by atoms with E-state index in [4.69, 9.17) is 4.74 Å². The molecule has 2 rings (SSSR count). The summed E-state index contributed by atoms with van der Waals surface area (Å²) in [6.07, 6.45) is -2.59. The van der Waals surface area contributed by atoms with Crippen molar-refractivity contribution in [3.63, 3.8) is 0 Å².